The van der Waals surface area contributed by atoms with Crippen LogP contribution in [0.25, 0.3) is 0 Å². The zero-order valence-electron chi connectivity index (χ0n) is 11.3. The summed E-state index contributed by atoms with van der Waals surface area (Å²) in [4.78, 5) is 0. The number of hydrogen-bond donors (Lipinski definition) is 1. The number of nitrogens with one attached hydrogen (secondary N) is 1. The van der Waals surface area contributed by atoms with Crippen LogP contribution in [0, 0.1) is 5.82 Å². The number of halogens is 1. The number of benzene rings is 2. The Hall–Kier alpha value is -1.67. The Balaban J connectivity index is 1.85. The average molecular weight is 257 g/mol. The van der Waals surface area contributed by atoms with Crippen LogP contribution in [0.1, 0.15) is 30.5 Å². The SMILES string of the molecule is CCC(NCCc1ccc(F)cc1)c1ccccc1. The minimum absolute atomic E-state index is 0.174. The van der Waals surface area contributed by atoms with E-state index in [0.717, 1.165) is 24.9 Å². The van der Waals surface area contributed by atoms with Gasteiger partial charge in [-0.1, -0.05) is 49.4 Å². The van der Waals surface area contributed by atoms with Crippen molar-refractivity contribution in [2.24, 2.45) is 0 Å². The maximum atomic E-state index is 12.8. The fraction of sp³-hybridized carbons (Fsp3) is 0.294. The van der Waals surface area contributed by atoms with Gasteiger partial charge in [-0.3, -0.25) is 0 Å². The van der Waals surface area contributed by atoms with Crippen LogP contribution in [0.5, 0.6) is 0 Å². The molecule has 19 heavy (non-hydrogen) atoms. The first-order valence-electron chi connectivity index (χ1n) is 6.82. The maximum absolute atomic E-state index is 12.8. The lowest BCUT2D eigenvalue weighted by Crippen LogP contribution is -2.23. The van der Waals surface area contributed by atoms with E-state index in [1.165, 1.54) is 17.7 Å². The van der Waals surface area contributed by atoms with E-state index in [1.54, 1.807) is 0 Å². The molecule has 2 rings (SSSR count). The van der Waals surface area contributed by atoms with Crippen molar-refractivity contribution < 1.29 is 4.39 Å². The van der Waals surface area contributed by atoms with Crippen LogP contribution in [0.15, 0.2) is 54.6 Å². The molecule has 2 aromatic carbocycles. The number of hydrogen-bond acceptors (Lipinski definition) is 1. The molecule has 0 amide bonds. The molecule has 2 heteroatoms. The van der Waals surface area contributed by atoms with E-state index in [9.17, 15) is 4.39 Å². The van der Waals surface area contributed by atoms with Crippen LogP contribution in [0.2, 0.25) is 0 Å². The van der Waals surface area contributed by atoms with Gasteiger partial charge in [-0.2, -0.15) is 0 Å². The fourth-order valence-electron chi connectivity index (χ4n) is 2.23. The van der Waals surface area contributed by atoms with Gasteiger partial charge in [0.2, 0.25) is 0 Å². The first-order valence-corrected chi connectivity index (χ1v) is 6.82. The summed E-state index contributed by atoms with van der Waals surface area (Å²) in [5.74, 6) is -0.174. The second kappa shape index (κ2) is 7.05. The molecule has 0 heterocycles. The molecule has 1 N–H and O–H groups in total. The third-order valence-corrected chi connectivity index (χ3v) is 3.33. The largest absolute Gasteiger partial charge is 0.310 e. The highest BCUT2D eigenvalue weighted by Crippen LogP contribution is 2.15. The molecule has 0 aliphatic carbocycles. The predicted molar refractivity (Wildman–Crippen MR) is 77.6 cm³/mol. The van der Waals surface area contributed by atoms with Crippen LogP contribution >= 0.6 is 0 Å². The van der Waals surface area contributed by atoms with E-state index in [4.69, 9.17) is 0 Å². The molecule has 0 aliphatic heterocycles. The van der Waals surface area contributed by atoms with Gasteiger partial charge in [0.1, 0.15) is 5.82 Å². The minimum atomic E-state index is -0.174. The van der Waals surface area contributed by atoms with Crippen molar-refractivity contribution in [3.63, 3.8) is 0 Å². The highest BCUT2D eigenvalue weighted by atomic mass is 19.1. The van der Waals surface area contributed by atoms with E-state index in [-0.39, 0.29) is 5.82 Å². The summed E-state index contributed by atoms with van der Waals surface area (Å²) in [5.41, 5.74) is 2.49. The zero-order chi connectivity index (χ0) is 13.5. The molecule has 0 radical (unpaired) electrons. The average Bonchev–Trinajstić information content (AvgIpc) is 2.46. The van der Waals surface area contributed by atoms with Gasteiger partial charge in [0.25, 0.3) is 0 Å². The molecular weight excluding hydrogens is 237 g/mol. The predicted octanol–water partition coefficient (Wildman–Crippen LogP) is 4.11. The van der Waals surface area contributed by atoms with Crippen molar-refractivity contribution in [2.45, 2.75) is 25.8 Å². The maximum Gasteiger partial charge on any atom is 0.123 e. The highest BCUT2D eigenvalue weighted by molar-refractivity contribution is 5.19. The zero-order valence-corrected chi connectivity index (χ0v) is 11.3. The molecule has 0 spiro atoms. The fourth-order valence-corrected chi connectivity index (χ4v) is 2.23. The van der Waals surface area contributed by atoms with Gasteiger partial charge in [0.15, 0.2) is 0 Å². The normalized spacial score (nSPS) is 12.3. The highest BCUT2D eigenvalue weighted by Gasteiger charge is 2.07. The first kappa shape index (κ1) is 13.8. The monoisotopic (exact) mass is 257 g/mol. The third kappa shape index (κ3) is 4.18. The first-order chi connectivity index (χ1) is 9.29. The molecule has 2 aromatic rings. The van der Waals surface area contributed by atoms with Crippen LogP contribution in [0.3, 0.4) is 0 Å². The summed E-state index contributed by atoms with van der Waals surface area (Å²) in [6.07, 6.45) is 1.98. The van der Waals surface area contributed by atoms with E-state index < -0.39 is 0 Å². The van der Waals surface area contributed by atoms with Gasteiger partial charge in [-0.15, -0.1) is 0 Å². The van der Waals surface area contributed by atoms with Crippen molar-refractivity contribution in [2.75, 3.05) is 6.54 Å². The van der Waals surface area contributed by atoms with E-state index in [1.807, 2.05) is 18.2 Å². The topological polar surface area (TPSA) is 12.0 Å². The lowest BCUT2D eigenvalue weighted by Gasteiger charge is -2.17. The Morgan fingerprint density at radius 1 is 1.00 bits per heavy atom. The molecule has 0 bridgehead atoms. The second-order valence-corrected chi connectivity index (χ2v) is 4.70. The quantitative estimate of drug-likeness (QED) is 0.821. The molecule has 0 saturated heterocycles. The van der Waals surface area contributed by atoms with Crippen molar-refractivity contribution in [3.8, 4) is 0 Å². The Labute approximate surface area is 114 Å². The molecule has 0 aromatic heterocycles. The molecule has 0 saturated carbocycles. The van der Waals surface area contributed by atoms with Crippen LogP contribution < -0.4 is 5.32 Å². The lowest BCUT2D eigenvalue weighted by atomic mass is 10.0. The summed E-state index contributed by atoms with van der Waals surface area (Å²) < 4.78 is 12.8. The van der Waals surface area contributed by atoms with E-state index >= 15 is 0 Å². The van der Waals surface area contributed by atoms with Crippen molar-refractivity contribution in [1.82, 2.24) is 5.32 Å². The van der Waals surface area contributed by atoms with E-state index in [2.05, 4.69) is 36.5 Å². The third-order valence-electron chi connectivity index (χ3n) is 3.33. The van der Waals surface area contributed by atoms with E-state index in [0.29, 0.717) is 6.04 Å². The molecule has 100 valence electrons. The standard InChI is InChI=1S/C17H20FN/c1-2-17(15-6-4-3-5-7-15)19-13-12-14-8-10-16(18)11-9-14/h3-11,17,19H,2,12-13H2,1H3. The Morgan fingerprint density at radius 2 is 1.68 bits per heavy atom. The lowest BCUT2D eigenvalue weighted by molar-refractivity contribution is 0.522. The van der Waals surface area contributed by atoms with Crippen molar-refractivity contribution in [3.05, 3.63) is 71.5 Å². The summed E-state index contributed by atoms with van der Waals surface area (Å²) in [6, 6.07) is 17.6. The van der Waals surface area contributed by atoms with Gasteiger partial charge in [0.05, 0.1) is 0 Å². The Kier molecular flexibility index (Phi) is 5.10. The van der Waals surface area contributed by atoms with Crippen LogP contribution in [-0.2, 0) is 6.42 Å². The van der Waals surface area contributed by atoms with Gasteiger partial charge >= 0.3 is 0 Å². The van der Waals surface area contributed by atoms with Crippen molar-refractivity contribution >= 4 is 0 Å². The summed E-state index contributed by atoms with van der Waals surface area (Å²) in [6.45, 7) is 3.08. The number of rotatable bonds is 6. The van der Waals surface area contributed by atoms with Crippen LogP contribution in [-0.4, -0.2) is 6.54 Å². The molecule has 0 aliphatic rings. The Morgan fingerprint density at radius 3 is 2.32 bits per heavy atom. The summed E-state index contributed by atoms with van der Waals surface area (Å²) in [5, 5.41) is 3.56. The smallest absolute Gasteiger partial charge is 0.123 e. The Bertz CT molecular complexity index is 478. The molecule has 0 fully saturated rings. The molecule has 1 atom stereocenters. The van der Waals surface area contributed by atoms with Gasteiger partial charge < -0.3 is 5.32 Å². The van der Waals surface area contributed by atoms with Crippen LogP contribution in [0.4, 0.5) is 4.39 Å². The molecule has 1 unspecified atom stereocenters. The van der Waals surface area contributed by atoms with Crippen molar-refractivity contribution in [1.29, 1.82) is 0 Å². The van der Waals surface area contributed by atoms with Gasteiger partial charge in [0, 0.05) is 6.04 Å². The summed E-state index contributed by atoms with van der Waals surface area (Å²) >= 11 is 0. The molecular formula is C17H20FN. The minimum Gasteiger partial charge on any atom is -0.310 e. The van der Waals surface area contributed by atoms with Gasteiger partial charge in [-0.25, -0.2) is 4.39 Å². The summed E-state index contributed by atoms with van der Waals surface area (Å²) in [7, 11) is 0. The van der Waals surface area contributed by atoms with Gasteiger partial charge in [-0.05, 0) is 42.6 Å². The second-order valence-electron chi connectivity index (χ2n) is 4.70. The molecule has 1 nitrogen and oxygen atoms in total.